The standard InChI is InChI=1S/C16H15N5O2/c22-16(20-6-8-23-9-7-20)13-3-4-14-18-19-15(21(14)11-13)12-2-1-5-17-10-12/h1-5,10-11H,6-9H2. The monoisotopic (exact) mass is 309 g/mol. The zero-order valence-electron chi connectivity index (χ0n) is 12.4. The number of hydrogen-bond donors (Lipinski definition) is 0. The molecule has 0 atom stereocenters. The van der Waals surface area contributed by atoms with Gasteiger partial charge in [0.2, 0.25) is 0 Å². The Balaban J connectivity index is 1.73. The minimum absolute atomic E-state index is 0.000960. The number of morpholine rings is 1. The van der Waals surface area contributed by atoms with Crippen molar-refractivity contribution in [3.8, 4) is 11.4 Å². The van der Waals surface area contributed by atoms with E-state index >= 15 is 0 Å². The highest BCUT2D eigenvalue weighted by molar-refractivity contribution is 5.94. The summed E-state index contributed by atoms with van der Waals surface area (Å²) in [6, 6.07) is 7.36. The van der Waals surface area contributed by atoms with Crippen LogP contribution in [0.4, 0.5) is 0 Å². The highest BCUT2D eigenvalue weighted by Gasteiger charge is 2.19. The fourth-order valence-electron chi connectivity index (χ4n) is 2.66. The predicted molar refractivity (Wildman–Crippen MR) is 82.9 cm³/mol. The molecule has 0 unspecified atom stereocenters. The first kappa shape index (κ1) is 13.8. The Morgan fingerprint density at radius 2 is 2.00 bits per heavy atom. The fraction of sp³-hybridized carbons (Fsp3) is 0.250. The van der Waals surface area contributed by atoms with Gasteiger partial charge in [-0.25, -0.2) is 0 Å². The molecule has 1 amide bonds. The van der Waals surface area contributed by atoms with Crippen LogP contribution >= 0.6 is 0 Å². The molecular weight excluding hydrogens is 294 g/mol. The summed E-state index contributed by atoms with van der Waals surface area (Å²) >= 11 is 0. The third-order valence-corrected chi connectivity index (χ3v) is 3.87. The number of carbonyl (C=O) groups is 1. The Kier molecular flexibility index (Phi) is 3.47. The van der Waals surface area contributed by atoms with Crippen molar-refractivity contribution in [2.75, 3.05) is 26.3 Å². The van der Waals surface area contributed by atoms with Crippen LogP contribution in [0.2, 0.25) is 0 Å². The second-order valence-corrected chi connectivity index (χ2v) is 5.32. The molecule has 4 heterocycles. The molecule has 1 aliphatic heterocycles. The van der Waals surface area contributed by atoms with Crippen LogP contribution in [0.1, 0.15) is 10.4 Å². The van der Waals surface area contributed by atoms with E-state index in [1.54, 1.807) is 35.6 Å². The van der Waals surface area contributed by atoms with Gasteiger partial charge < -0.3 is 9.64 Å². The zero-order valence-corrected chi connectivity index (χ0v) is 12.4. The van der Waals surface area contributed by atoms with Gasteiger partial charge in [0.05, 0.1) is 18.8 Å². The number of carbonyl (C=O) groups excluding carboxylic acids is 1. The molecule has 7 nitrogen and oxygen atoms in total. The number of fused-ring (bicyclic) bond motifs is 1. The Labute approximate surface area is 132 Å². The number of hydrogen-bond acceptors (Lipinski definition) is 5. The van der Waals surface area contributed by atoms with Crippen molar-refractivity contribution >= 4 is 11.6 Å². The van der Waals surface area contributed by atoms with Gasteiger partial charge >= 0.3 is 0 Å². The van der Waals surface area contributed by atoms with Gasteiger partial charge in [0.15, 0.2) is 11.5 Å². The zero-order chi connectivity index (χ0) is 15.6. The average Bonchev–Trinajstić information content (AvgIpc) is 3.05. The summed E-state index contributed by atoms with van der Waals surface area (Å²) in [6.45, 7) is 2.41. The lowest BCUT2D eigenvalue weighted by molar-refractivity contribution is 0.0302. The molecular formula is C16H15N5O2. The molecule has 0 saturated carbocycles. The lowest BCUT2D eigenvalue weighted by atomic mass is 10.2. The molecule has 1 aliphatic rings. The van der Waals surface area contributed by atoms with Crippen LogP contribution in [-0.4, -0.2) is 56.7 Å². The van der Waals surface area contributed by atoms with E-state index in [-0.39, 0.29) is 5.91 Å². The first-order valence-corrected chi connectivity index (χ1v) is 7.45. The minimum atomic E-state index is 0.000960. The van der Waals surface area contributed by atoms with E-state index in [2.05, 4.69) is 15.2 Å². The lowest BCUT2D eigenvalue weighted by Crippen LogP contribution is -2.40. The molecule has 1 fully saturated rings. The van der Waals surface area contributed by atoms with E-state index in [0.717, 1.165) is 5.56 Å². The van der Waals surface area contributed by atoms with Gasteiger partial charge in [-0.1, -0.05) is 0 Å². The van der Waals surface area contributed by atoms with Crippen molar-refractivity contribution in [2.24, 2.45) is 0 Å². The molecule has 116 valence electrons. The molecule has 7 heteroatoms. The molecule has 23 heavy (non-hydrogen) atoms. The third-order valence-electron chi connectivity index (χ3n) is 3.87. The van der Waals surface area contributed by atoms with Gasteiger partial charge in [0.1, 0.15) is 0 Å². The van der Waals surface area contributed by atoms with Gasteiger partial charge in [0.25, 0.3) is 5.91 Å². The smallest absolute Gasteiger partial charge is 0.255 e. The lowest BCUT2D eigenvalue weighted by Gasteiger charge is -2.26. The van der Waals surface area contributed by atoms with E-state index in [1.807, 2.05) is 16.5 Å². The molecule has 0 radical (unpaired) electrons. The first-order chi connectivity index (χ1) is 11.3. The quantitative estimate of drug-likeness (QED) is 0.712. The van der Waals surface area contributed by atoms with E-state index in [1.165, 1.54) is 0 Å². The highest BCUT2D eigenvalue weighted by atomic mass is 16.5. The van der Waals surface area contributed by atoms with Gasteiger partial charge in [-0.05, 0) is 24.3 Å². The maximum Gasteiger partial charge on any atom is 0.255 e. The van der Waals surface area contributed by atoms with Gasteiger partial charge in [-0.3, -0.25) is 14.2 Å². The maximum absolute atomic E-state index is 12.6. The van der Waals surface area contributed by atoms with E-state index in [9.17, 15) is 4.79 Å². The minimum Gasteiger partial charge on any atom is -0.378 e. The van der Waals surface area contributed by atoms with Crippen LogP contribution in [0.3, 0.4) is 0 Å². The molecule has 3 aromatic rings. The Bertz CT molecular complexity index is 840. The molecule has 0 aliphatic carbocycles. The average molecular weight is 309 g/mol. The molecule has 4 rings (SSSR count). The van der Waals surface area contributed by atoms with Crippen molar-refractivity contribution in [1.82, 2.24) is 24.5 Å². The second kappa shape index (κ2) is 5.77. The van der Waals surface area contributed by atoms with Crippen LogP contribution in [0.5, 0.6) is 0 Å². The second-order valence-electron chi connectivity index (χ2n) is 5.32. The van der Waals surface area contributed by atoms with Crippen molar-refractivity contribution in [2.45, 2.75) is 0 Å². The SMILES string of the molecule is O=C(c1ccc2nnc(-c3cccnc3)n2c1)N1CCOCC1. The normalized spacial score (nSPS) is 15.0. The van der Waals surface area contributed by atoms with Crippen LogP contribution in [-0.2, 0) is 4.74 Å². The van der Waals surface area contributed by atoms with Crippen LogP contribution < -0.4 is 0 Å². The number of ether oxygens (including phenoxy) is 1. The van der Waals surface area contributed by atoms with E-state index < -0.39 is 0 Å². The number of rotatable bonds is 2. The molecule has 0 bridgehead atoms. The van der Waals surface area contributed by atoms with Crippen molar-refractivity contribution < 1.29 is 9.53 Å². The summed E-state index contributed by atoms with van der Waals surface area (Å²) < 4.78 is 7.12. The summed E-state index contributed by atoms with van der Waals surface area (Å²) in [7, 11) is 0. The fourth-order valence-corrected chi connectivity index (χ4v) is 2.66. The van der Waals surface area contributed by atoms with Crippen molar-refractivity contribution in [1.29, 1.82) is 0 Å². The van der Waals surface area contributed by atoms with Gasteiger partial charge in [0, 0.05) is 37.2 Å². The molecule has 0 N–H and O–H groups in total. The van der Waals surface area contributed by atoms with Crippen molar-refractivity contribution in [3.05, 3.63) is 48.4 Å². The number of nitrogens with zero attached hydrogens (tertiary/aromatic N) is 5. The van der Waals surface area contributed by atoms with E-state index in [0.29, 0.717) is 43.3 Å². The van der Waals surface area contributed by atoms with Crippen LogP contribution in [0.25, 0.3) is 17.0 Å². The summed E-state index contributed by atoms with van der Waals surface area (Å²) in [6.07, 6.45) is 5.22. The molecule has 0 spiro atoms. The number of aromatic nitrogens is 4. The Morgan fingerprint density at radius 1 is 1.13 bits per heavy atom. The van der Waals surface area contributed by atoms with Gasteiger partial charge in [-0.15, -0.1) is 10.2 Å². The third kappa shape index (κ3) is 2.55. The largest absolute Gasteiger partial charge is 0.378 e. The molecule has 1 saturated heterocycles. The Morgan fingerprint density at radius 3 is 2.78 bits per heavy atom. The summed E-state index contributed by atoms with van der Waals surface area (Å²) in [5.41, 5.74) is 2.17. The molecule has 0 aromatic carbocycles. The summed E-state index contributed by atoms with van der Waals surface area (Å²) in [5.74, 6) is 0.672. The number of amides is 1. The highest BCUT2D eigenvalue weighted by Crippen LogP contribution is 2.18. The van der Waals surface area contributed by atoms with Gasteiger partial charge in [-0.2, -0.15) is 0 Å². The summed E-state index contributed by atoms with van der Waals surface area (Å²) in [4.78, 5) is 18.5. The van der Waals surface area contributed by atoms with E-state index in [4.69, 9.17) is 4.74 Å². The molecule has 3 aromatic heterocycles. The van der Waals surface area contributed by atoms with Crippen LogP contribution in [0, 0.1) is 0 Å². The Hall–Kier alpha value is -2.80. The van der Waals surface area contributed by atoms with Crippen LogP contribution in [0.15, 0.2) is 42.9 Å². The van der Waals surface area contributed by atoms with Crippen molar-refractivity contribution in [3.63, 3.8) is 0 Å². The number of pyridine rings is 2. The predicted octanol–water partition coefficient (Wildman–Crippen LogP) is 1.26. The maximum atomic E-state index is 12.6. The first-order valence-electron chi connectivity index (χ1n) is 7.45. The topological polar surface area (TPSA) is 72.6 Å². The summed E-state index contributed by atoms with van der Waals surface area (Å²) in [5, 5.41) is 8.35.